The standard InChI is InChI=1S/C8H5BrN/c9-7-3-1-2-6-4-5-10-8(6)7/h1-5H. The molecule has 0 fully saturated rings. The summed E-state index contributed by atoms with van der Waals surface area (Å²) in [5, 5.41) is 4.17. The molecule has 1 aromatic rings. The van der Waals surface area contributed by atoms with Crippen molar-refractivity contribution in [2.45, 2.75) is 0 Å². The molecule has 0 aliphatic carbocycles. The van der Waals surface area contributed by atoms with Crippen molar-refractivity contribution in [3.63, 3.8) is 0 Å². The van der Waals surface area contributed by atoms with Crippen LogP contribution in [0, 0.1) is 0 Å². The maximum Gasteiger partial charge on any atom is 0.0844 e. The number of hydrogen-bond donors (Lipinski definition) is 0. The molecule has 0 aromatic heterocycles. The maximum atomic E-state index is 4.17. The SMILES string of the molecule is Brc1cccc2c1[N]C=C2. The lowest BCUT2D eigenvalue weighted by Crippen LogP contribution is -1.82. The molecule has 0 spiro atoms. The van der Waals surface area contributed by atoms with Gasteiger partial charge in [0.15, 0.2) is 0 Å². The Bertz CT molecular complexity index is 291. The van der Waals surface area contributed by atoms with E-state index in [0.717, 1.165) is 10.2 Å². The highest BCUT2D eigenvalue weighted by molar-refractivity contribution is 9.10. The van der Waals surface area contributed by atoms with Gasteiger partial charge in [0.25, 0.3) is 0 Å². The minimum Gasteiger partial charge on any atom is -0.255 e. The average Bonchev–Trinajstić information content (AvgIpc) is 2.36. The van der Waals surface area contributed by atoms with E-state index in [-0.39, 0.29) is 0 Å². The van der Waals surface area contributed by atoms with E-state index in [0.29, 0.717) is 0 Å². The van der Waals surface area contributed by atoms with Crippen LogP contribution < -0.4 is 5.32 Å². The van der Waals surface area contributed by atoms with Gasteiger partial charge in [-0.15, -0.1) is 0 Å². The fourth-order valence-corrected chi connectivity index (χ4v) is 1.48. The zero-order chi connectivity index (χ0) is 6.97. The van der Waals surface area contributed by atoms with Crippen LogP contribution in [0.1, 0.15) is 5.56 Å². The largest absolute Gasteiger partial charge is 0.255 e. The van der Waals surface area contributed by atoms with Gasteiger partial charge in [0.1, 0.15) is 0 Å². The van der Waals surface area contributed by atoms with Crippen molar-refractivity contribution in [2.24, 2.45) is 0 Å². The van der Waals surface area contributed by atoms with E-state index in [1.165, 1.54) is 5.56 Å². The highest BCUT2D eigenvalue weighted by atomic mass is 79.9. The highest BCUT2D eigenvalue weighted by Crippen LogP contribution is 2.30. The highest BCUT2D eigenvalue weighted by Gasteiger charge is 2.07. The second-order valence-electron chi connectivity index (χ2n) is 2.12. The zero-order valence-electron chi connectivity index (χ0n) is 5.21. The van der Waals surface area contributed by atoms with E-state index in [1.807, 2.05) is 30.5 Å². The van der Waals surface area contributed by atoms with Crippen LogP contribution in [-0.4, -0.2) is 0 Å². The minimum atomic E-state index is 1.04. The van der Waals surface area contributed by atoms with Crippen LogP contribution in [0.3, 0.4) is 0 Å². The van der Waals surface area contributed by atoms with Gasteiger partial charge in [-0.3, -0.25) is 5.32 Å². The Hall–Kier alpha value is -0.760. The van der Waals surface area contributed by atoms with Gasteiger partial charge in [0, 0.05) is 16.2 Å². The van der Waals surface area contributed by atoms with Crippen LogP contribution in [0.15, 0.2) is 28.9 Å². The maximum absolute atomic E-state index is 4.17. The van der Waals surface area contributed by atoms with Gasteiger partial charge in [0.2, 0.25) is 0 Å². The predicted molar refractivity (Wildman–Crippen MR) is 45.0 cm³/mol. The number of nitrogens with zero attached hydrogens (tertiary/aromatic N) is 1. The van der Waals surface area contributed by atoms with Crippen molar-refractivity contribution in [3.05, 3.63) is 34.4 Å². The first-order valence-electron chi connectivity index (χ1n) is 3.04. The van der Waals surface area contributed by atoms with E-state index >= 15 is 0 Å². The van der Waals surface area contributed by atoms with Crippen molar-refractivity contribution in [3.8, 4) is 0 Å². The Morgan fingerprint density at radius 3 is 3.00 bits per heavy atom. The topological polar surface area (TPSA) is 14.1 Å². The average molecular weight is 195 g/mol. The Morgan fingerprint density at radius 1 is 1.30 bits per heavy atom. The number of rotatable bonds is 0. The molecular weight excluding hydrogens is 190 g/mol. The number of halogens is 1. The molecule has 0 bridgehead atoms. The van der Waals surface area contributed by atoms with Crippen LogP contribution in [0.25, 0.3) is 6.08 Å². The number of benzene rings is 1. The van der Waals surface area contributed by atoms with Crippen molar-refractivity contribution in [2.75, 3.05) is 0 Å². The molecule has 1 radical (unpaired) electrons. The molecule has 2 rings (SSSR count). The number of fused-ring (bicyclic) bond motifs is 1. The molecule has 0 amide bonds. The van der Waals surface area contributed by atoms with Crippen LogP contribution in [0.5, 0.6) is 0 Å². The summed E-state index contributed by atoms with van der Waals surface area (Å²) in [6.07, 6.45) is 3.82. The monoisotopic (exact) mass is 194 g/mol. The van der Waals surface area contributed by atoms with Crippen molar-refractivity contribution < 1.29 is 0 Å². The van der Waals surface area contributed by atoms with Crippen molar-refractivity contribution >= 4 is 27.7 Å². The van der Waals surface area contributed by atoms with Gasteiger partial charge in [-0.05, 0) is 28.1 Å². The summed E-state index contributed by atoms with van der Waals surface area (Å²) < 4.78 is 1.06. The third kappa shape index (κ3) is 0.762. The van der Waals surface area contributed by atoms with Gasteiger partial charge >= 0.3 is 0 Å². The lowest BCUT2D eigenvalue weighted by molar-refractivity contribution is 1.21. The molecule has 0 N–H and O–H groups in total. The van der Waals surface area contributed by atoms with Gasteiger partial charge in [-0.1, -0.05) is 12.1 Å². The molecule has 49 valence electrons. The molecule has 0 unspecified atom stereocenters. The first kappa shape index (κ1) is 5.98. The molecule has 1 heterocycles. The molecule has 0 saturated heterocycles. The summed E-state index contributed by atoms with van der Waals surface area (Å²) in [6.45, 7) is 0. The Labute approximate surface area is 67.9 Å². The summed E-state index contributed by atoms with van der Waals surface area (Å²) in [6, 6.07) is 6.05. The fourth-order valence-electron chi connectivity index (χ4n) is 0.995. The van der Waals surface area contributed by atoms with E-state index in [4.69, 9.17) is 0 Å². The van der Waals surface area contributed by atoms with Crippen molar-refractivity contribution in [1.29, 1.82) is 0 Å². The van der Waals surface area contributed by atoms with E-state index in [9.17, 15) is 0 Å². The zero-order valence-corrected chi connectivity index (χ0v) is 6.80. The fraction of sp³-hybridized carbons (Fsp3) is 0. The summed E-state index contributed by atoms with van der Waals surface area (Å²) in [4.78, 5) is 0. The lowest BCUT2D eigenvalue weighted by atomic mass is 10.2. The molecule has 0 saturated carbocycles. The summed E-state index contributed by atoms with van der Waals surface area (Å²) in [5.74, 6) is 0. The Morgan fingerprint density at radius 2 is 2.20 bits per heavy atom. The Kier molecular flexibility index (Phi) is 1.27. The number of para-hydroxylation sites is 1. The molecular formula is C8H5BrN. The van der Waals surface area contributed by atoms with Gasteiger partial charge < -0.3 is 0 Å². The smallest absolute Gasteiger partial charge is 0.0844 e. The number of hydrogen-bond acceptors (Lipinski definition) is 0. The molecule has 1 nitrogen and oxygen atoms in total. The normalized spacial score (nSPS) is 12.9. The second-order valence-corrected chi connectivity index (χ2v) is 2.98. The summed E-state index contributed by atoms with van der Waals surface area (Å²) in [5.41, 5.74) is 2.23. The van der Waals surface area contributed by atoms with E-state index in [2.05, 4.69) is 21.2 Å². The van der Waals surface area contributed by atoms with Gasteiger partial charge in [-0.25, -0.2) is 0 Å². The van der Waals surface area contributed by atoms with Gasteiger partial charge in [-0.2, -0.15) is 0 Å². The third-order valence-electron chi connectivity index (χ3n) is 1.48. The Balaban J connectivity index is 2.66. The quantitative estimate of drug-likeness (QED) is 0.604. The summed E-state index contributed by atoms with van der Waals surface area (Å²) >= 11 is 3.41. The molecule has 2 heteroatoms. The minimum absolute atomic E-state index is 1.04. The van der Waals surface area contributed by atoms with Crippen LogP contribution >= 0.6 is 15.9 Å². The van der Waals surface area contributed by atoms with Gasteiger partial charge in [0.05, 0.1) is 5.69 Å². The van der Waals surface area contributed by atoms with E-state index < -0.39 is 0 Å². The van der Waals surface area contributed by atoms with E-state index in [1.54, 1.807) is 0 Å². The summed E-state index contributed by atoms with van der Waals surface area (Å²) in [7, 11) is 0. The molecule has 0 atom stereocenters. The van der Waals surface area contributed by atoms with Crippen LogP contribution in [0.2, 0.25) is 0 Å². The predicted octanol–water partition coefficient (Wildman–Crippen LogP) is 2.67. The van der Waals surface area contributed by atoms with Crippen LogP contribution in [0.4, 0.5) is 5.69 Å². The second kappa shape index (κ2) is 2.13. The first-order valence-corrected chi connectivity index (χ1v) is 3.83. The molecule has 10 heavy (non-hydrogen) atoms. The molecule has 1 aromatic carbocycles. The van der Waals surface area contributed by atoms with Crippen LogP contribution in [-0.2, 0) is 0 Å². The molecule has 1 aliphatic rings. The lowest BCUT2D eigenvalue weighted by Gasteiger charge is -1.98. The first-order chi connectivity index (χ1) is 4.88. The third-order valence-corrected chi connectivity index (χ3v) is 2.12. The molecule has 1 aliphatic heterocycles. The van der Waals surface area contributed by atoms with Crippen molar-refractivity contribution in [1.82, 2.24) is 5.32 Å².